The van der Waals surface area contributed by atoms with E-state index in [1.165, 1.54) is 66.2 Å². The lowest BCUT2D eigenvalue weighted by Gasteiger charge is -2.42. The maximum absolute atomic E-state index is 2.64. The molecular weight excluding hydrogens is 411 g/mol. The van der Waals surface area contributed by atoms with Crippen molar-refractivity contribution in [1.29, 1.82) is 0 Å². The minimum Gasteiger partial charge on any atom is -0.342 e. The molecule has 34 heavy (non-hydrogen) atoms. The van der Waals surface area contributed by atoms with Gasteiger partial charge >= 0.3 is 0 Å². The minimum atomic E-state index is 0.297. The van der Waals surface area contributed by atoms with Gasteiger partial charge in [-0.25, -0.2) is 0 Å². The largest absolute Gasteiger partial charge is 0.342 e. The van der Waals surface area contributed by atoms with E-state index in [2.05, 4.69) is 89.5 Å². The third-order valence-corrected chi connectivity index (χ3v) is 8.80. The first-order chi connectivity index (χ1) is 16.8. The van der Waals surface area contributed by atoms with Crippen molar-refractivity contribution in [2.24, 2.45) is 0 Å². The van der Waals surface area contributed by atoms with Crippen molar-refractivity contribution >= 4 is 67.4 Å². The van der Waals surface area contributed by atoms with Gasteiger partial charge in [-0.05, 0) is 86.5 Å². The molecule has 160 valence electrons. The van der Waals surface area contributed by atoms with Gasteiger partial charge in [-0.1, -0.05) is 60.7 Å². The summed E-state index contributed by atoms with van der Waals surface area (Å²) >= 11 is 0. The zero-order valence-corrected chi connectivity index (χ0v) is 19.2. The molecule has 0 aliphatic carbocycles. The Balaban J connectivity index is 1.47. The van der Waals surface area contributed by atoms with Crippen LogP contribution in [0, 0.1) is 6.92 Å². The molecule has 0 fully saturated rings. The van der Waals surface area contributed by atoms with Crippen molar-refractivity contribution in [2.75, 3.05) is 22.9 Å². The molecule has 9 rings (SSSR count). The van der Waals surface area contributed by atoms with Crippen LogP contribution in [0.2, 0.25) is 0 Å². The van der Waals surface area contributed by atoms with E-state index in [0.29, 0.717) is 6.71 Å². The van der Waals surface area contributed by atoms with Crippen molar-refractivity contribution in [2.45, 2.75) is 19.8 Å². The van der Waals surface area contributed by atoms with E-state index in [4.69, 9.17) is 0 Å². The SMILES string of the molecule is Cc1cc2c3c(c1)N1CCc4c1c(cc1ccccc41)B3c1cc3ccccc3c3c1N2CC3. The van der Waals surface area contributed by atoms with Gasteiger partial charge in [-0.15, -0.1) is 0 Å². The van der Waals surface area contributed by atoms with Crippen LogP contribution in [-0.4, -0.2) is 19.8 Å². The average Bonchev–Trinajstić information content (AvgIpc) is 3.50. The van der Waals surface area contributed by atoms with Crippen LogP contribution in [0.4, 0.5) is 22.7 Å². The fraction of sp³-hybridized carbons (Fsp3) is 0.161. The summed E-state index contributed by atoms with van der Waals surface area (Å²) in [5, 5.41) is 5.63. The average molecular weight is 434 g/mol. The van der Waals surface area contributed by atoms with Gasteiger partial charge in [0.1, 0.15) is 0 Å². The second-order valence-corrected chi connectivity index (χ2v) is 10.5. The molecule has 0 bridgehead atoms. The van der Waals surface area contributed by atoms with Gasteiger partial charge < -0.3 is 9.80 Å². The maximum atomic E-state index is 2.64. The summed E-state index contributed by atoms with van der Waals surface area (Å²) in [6.45, 7) is 4.72. The molecule has 2 nitrogen and oxygen atoms in total. The summed E-state index contributed by atoms with van der Waals surface area (Å²) in [5.41, 5.74) is 14.8. The minimum absolute atomic E-state index is 0.297. The van der Waals surface area contributed by atoms with Crippen molar-refractivity contribution < 1.29 is 0 Å². The lowest BCUT2D eigenvalue weighted by atomic mass is 9.33. The lowest BCUT2D eigenvalue weighted by molar-refractivity contribution is 0.988. The number of aryl methyl sites for hydroxylation is 1. The summed E-state index contributed by atoms with van der Waals surface area (Å²) in [5.74, 6) is 0. The molecule has 0 saturated carbocycles. The van der Waals surface area contributed by atoms with Crippen LogP contribution in [0.5, 0.6) is 0 Å². The van der Waals surface area contributed by atoms with Crippen LogP contribution in [0.3, 0.4) is 0 Å². The van der Waals surface area contributed by atoms with Crippen molar-refractivity contribution in [3.05, 3.63) is 89.5 Å². The Bertz CT molecular complexity index is 1630. The van der Waals surface area contributed by atoms with Gasteiger partial charge in [0, 0.05) is 35.8 Å². The molecule has 5 aromatic carbocycles. The molecule has 0 N–H and O–H groups in total. The molecule has 4 heterocycles. The Morgan fingerprint density at radius 3 is 1.68 bits per heavy atom. The predicted molar refractivity (Wildman–Crippen MR) is 145 cm³/mol. The van der Waals surface area contributed by atoms with Crippen LogP contribution in [0.15, 0.2) is 72.8 Å². The molecule has 0 radical (unpaired) electrons. The monoisotopic (exact) mass is 434 g/mol. The highest BCUT2D eigenvalue weighted by Gasteiger charge is 2.46. The number of anilines is 4. The van der Waals surface area contributed by atoms with E-state index in [0.717, 1.165) is 25.9 Å². The molecule has 4 aliphatic rings. The van der Waals surface area contributed by atoms with Crippen molar-refractivity contribution in [1.82, 2.24) is 0 Å². The van der Waals surface area contributed by atoms with Crippen molar-refractivity contribution in [3.8, 4) is 0 Å². The molecule has 5 aromatic rings. The van der Waals surface area contributed by atoms with Crippen LogP contribution in [0.1, 0.15) is 16.7 Å². The third-order valence-electron chi connectivity index (χ3n) is 8.80. The smallest absolute Gasteiger partial charge is 0.252 e. The van der Waals surface area contributed by atoms with Gasteiger partial charge in [0.15, 0.2) is 0 Å². The van der Waals surface area contributed by atoms with E-state index in [1.807, 2.05) is 0 Å². The Morgan fingerprint density at radius 2 is 1.15 bits per heavy atom. The van der Waals surface area contributed by atoms with Crippen LogP contribution in [0.25, 0.3) is 21.5 Å². The second-order valence-electron chi connectivity index (χ2n) is 10.5. The Morgan fingerprint density at radius 1 is 0.647 bits per heavy atom. The summed E-state index contributed by atoms with van der Waals surface area (Å²) in [6, 6.07) is 27.9. The van der Waals surface area contributed by atoms with E-state index in [-0.39, 0.29) is 0 Å². The summed E-state index contributed by atoms with van der Waals surface area (Å²) in [6.07, 6.45) is 2.25. The second kappa shape index (κ2) is 5.85. The first kappa shape index (κ1) is 17.7. The number of hydrogen-bond donors (Lipinski definition) is 0. The fourth-order valence-electron chi connectivity index (χ4n) is 7.59. The molecule has 3 heteroatoms. The highest BCUT2D eigenvalue weighted by atomic mass is 15.2. The molecule has 0 amide bonds. The quantitative estimate of drug-likeness (QED) is 0.322. The Labute approximate surface area is 199 Å². The van der Waals surface area contributed by atoms with Gasteiger partial charge in [0.2, 0.25) is 0 Å². The van der Waals surface area contributed by atoms with Crippen LogP contribution < -0.4 is 26.2 Å². The first-order valence-corrected chi connectivity index (χ1v) is 12.6. The predicted octanol–water partition coefficient (Wildman–Crippen LogP) is 4.83. The molecular formula is C31H23BN2. The van der Waals surface area contributed by atoms with Crippen molar-refractivity contribution in [3.63, 3.8) is 0 Å². The summed E-state index contributed by atoms with van der Waals surface area (Å²) < 4.78 is 0. The van der Waals surface area contributed by atoms with E-state index < -0.39 is 0 Å². The standard InChI is InChI=1S/C31H23BN2/c1-18-14-27-29-28(15-18)34-13-11-24-22-9-5-3-7-20(22)17-26(31(24)34)32(29)25-16-19-6-2-4-8-21(19)23-10-12-33(27)30(23)25/h2-9,14-17H,10-13H2,1H3. The van der Waals surface area contributed by atoms with E-state index in [1.54, 1.807) is 11.1 Å². The molecule has 0 atom stereocenters. The normalized spacial score (nSPS) is 16.3. The molecule has 0 unspecified atom stereocenters. The van der Waals surface area contributed by atoms with Gasteiger partial charge in [0.05, 0.1) is 0 Å². The van der Waals surface area contributed by atoms with Crippen LogP contribution >= 0.6 is 0 Å². The molecule has 4 aliphatic heterocycles. The molecule has 0 spiro atoms. The van der Waals surface area contributed by atoms with E-state index in [9.17, 15) is 0 Å². The zero-order chi connectivity index (χ0) is 22.1. The number of fused-ring (bicyclic) bond motifs is 8. The maximum Gasteiger partial charge on any atom is 0.252 e. The molecule has 0 aromatic heterocycles. The zero-order valence-electron chi connectivity index (χ0n) is 19.2. The van der Waals surface area contributed by atoms with Crippen LogP contribution in [-0.2, 0) is 12.8 Å². The number of nitrogens with zero attached hydrogens (tertiary/aromatic N) is 2. The highest BCUT2D eigenvalue weighted by Crippen LogP contribution is 2.46. The van der Waals surface area contributed by atoms with Gasteiger partial charge in [0.25, 0.3) is 6.71 Å². The summed E-state index contributed by atoms with van der Waals surface area (Å²) in [7, 11) is 0. The number of hydrogen-bond acceptors (Lipinski definition) is 2. The van der Waals surface area contributed by atoms with E-state index >= 15 is 0 Å². The Kier molecular flexibility index (Phi) is 3.05. The fourth-order valence-corrected chi connectivity index (χ4v) is 7.59. The summed E-state index contributed by atoms with van der Waals surface area (Å²) in [4.78, 5) is 5.28. The number of benzene rings is 5. The topological polar surface area (TPSA) is 6.48 Å². The van der Waals surface area contributed by atoms with Gasteiger partial charge in [-0.3, -0.25) is 0 Å². The lowest BCUT2D eigenvalue weighted by Crippen LogP contribution is -2.61. The van der Waals surface area contributed by atoms with Gasteiger partial charge in [-0.2, -0.15) is 0 Å². The highest BCUT2D eigenvalue weighted by molar-refractivity contribution is 7.00. The number of rotatable bonds is 0. The third kappa shape index (κ3) is 1.94. The molecule has 0 saturated heterocycles. The Hall–Kier alpha value is -3.72. The first-order valence-electron chi connectivity index (χ1n) is 12.6.